The van der Waals surface area contributed by atoms with Gasteiger partial charge in [0.2, 0.25) is 5.91 Å². The fraction of sp³-hybridized carbons (Fsp3) is 0.929. The lowest BCUT2D eigenvalue weighted by molar-refractivity contribution is -0.123. The second-order valence-electron chi connectivity index (χ2n) is 6.03. The SMILES string of the molecule is O=C(CC1CCNCC1)NC1CCOC1C1CC1. The van der Waals surface area contributed by atoms with Gasteiger partial charge >= 0.3 is 0 Å². The largest absolute Gasteiger partial charge is 0.376 e. The standard InChI is InChI=1S/C14H24N2O2/c17-13(9-10-3-6-15-7-4-10)16-12-5-8-18-14(12)11-1-2-11/h10-12,14-15H,1-9H2,(H,16,17). The second kappa shape index (κ2) is 5.57. The van der Waals surface area contributed by atoms with Gasteiger partial charge in [0.1, 0.15) is 0 Å². The maximum Gasteiger partial charge on any atom is 0.220 e. The highest BCUT2D eigenvalue weighted by Gasteiger charge is 2.41. The average Bonchev–Trinajstić information content (AvgIpc) is 3.12. The zero-order valence-corrected chi connectivity index (χ0v) is 11.0. The number of hydrogen-bond donors (Lipinski definition) is 2. The Morgan fingerprint density at radius 2 is 1.94 bits per heavy atom. The van der Waals surface area contributed by atoms with Gasteiger partial charge < -0.3 is 15.4 Å². The highest BCUT2D eigenvalue weighted by Crippen LogP contribution is 2.38. The summed E-state index contributed by atoms with van der Waals surface area (Å²) in [6, 6.07) is 0.284. The number of rotatable bonds is 4. The molecule has 3 rings (SSSR count). The third-order valence-electron chi connectivity index (χ3n) is 4.50. The quantitative estimate of drug-likeness (QED) is 0.786. The summed E-state index contributed by atoms with van der Waals surface area (Å²) in [6.07, 6.45) is 6.86. The maximum atomic E-state index is 12.1. The van der Waals surface area contributed by atoms with Crippen LogP contribution in [0.5, 0.6) is 0 Å². The summed E-state index contributed by atoms with van der Waals surface area (Å²) >= 11 is 0. The Morgan fingerprint density at radius 3 is 2.67 bits per heavy atom. The predicted molar refractivity (Wildman–Crippen MR) is 69.2 cm³/mol. The summed E-state index contributed by atoms with van der Waals surface area (Å²) in [5.41, 5.74) is 0. The fourth-order valence-corrected chi connectivity index (χ4v) is 3.27. The summed E-state index contributed by atoms with van der Waals surface area (Å²) in [5.74, 6) is 1.53. The van der Waals surface area contributed by atoms with Crippen molar-refractivity contribution in [1.82, 2.24) is 10.6 Å². The normalized spacial score (nSPS) is 33.6. The van der Waals surface area contributed by atoms with Crippen LogP contribution < -0.4 is 10.6 Å². The lowest BCUT2D eigenvalue weighted by atomic mass is 9.94. The molecule has 1 saturated carbocycles. The average molecular weight is 252 g/mol. The van der Waals surface area contributed by atoms with E-state index < -0.39 is 0 Å². The van der Waals surface area contributed by atoms with Crippen molar-refractivity contribution < 1.29 is 9.53 Å². The van der Waals surface area contributed by atoms with Crippen molar-refractivity contribution in [1.29, 1.82) is 0 Å². The minimum Gasteiger partial charge on any atom is -0.376 e. The number of carbonyl (C=O) groups excluding carboxylic acids is 1. The van der Waals surface area contributed by atoms with Crippen LogP contribution in [0, 0.1) is 11.8 Å². The van der Waals surface area contributed by atoms with E-state index >= 15 is 0 Å². The molecule has 0 bridgehead atoms. The van der Waals surface area contributed by atoms with Crippen LogP contribution in [0.3, 0.4) is 0 Å². The Labute approximate surface area is 109 Å². The third kappa shape index (κ3) is 3.04. The van der Waals surface area contributed by atoms with Crippen LogP contribution in [0.2, 0.25) is 0 Å². The van der Waals surface area contributed by atoms with Crippen molar-refractivity contribution >= 4 is 5.91 Å². The number of ether oxygens (including phenoxy) is 1. The van der Waals surface area contributed by atoms with E-state index in [-0.39, 0.29) is 11.9 Å². The van der Waals surface area contributed by atoms with Gasteiger partial charge in [0.25, 0.3) is 0 Å². The molecule has 0 spiro atoms. The Kier molecular flexibility index (Phi) is 3.85. The molecule has 4 heteroatoms. The molecule has 1 amide bonds. The van der Waals surface area contributed by atoms with E-state index in [1.165, 1.54) is 12.8 Å². The summed E-state index contributed by atoms with van der Waals surface area (Å²) in [7, 11) is 0. The summed E-state index contributed by atoms with van der Waals surface area (Å²) in [5, 5.41) is 6.55. The molecular formula is C14H24N2O2. The maximum absolute atomic E-state index is 12.1. The van der Waals surface area contributed by atoms with Crippen molar-refractivity contribution in [2.45, 2.75) is 50.7 Å². The van der Waals surface area contributed by atoms with Crippen molar-refractivity contribution in [3.8, 4) is 0 Å². The van der Waals surface area contributed by atoms with Gasteiger partial charge in [-0.05, 0) is 57.0 Å². The van der Waals surface area contributed by atoms with Gasteiger partial charge in [0.15, 0.2) is 0 Å². The lowest BCUT2D eigenvalue weighted by Gasteiger charge is -2.24. The number of amides is 1. The molecule has 3 aliphatic rings. The van der Waals surface area contributed by atoms with Crippen LogP contribution in [0.15, 0.2) is 0 Å². The first kappa shape index (κ1) is 12.4. The third-order valence-corrected chi connectivity index (χ3v) is 4.50. The van der Waals surface area contributed by atoms with Crippen LogP contribution in [-0.2, 0) is 9.53 Å². The Bertz CT molecular complexity index is 298. The number of piperidine rings is 1. The van der Waals surface area contributed by atoms with E-state index in [2.05, 4.69) is 10.6 Å². The van der Waals surface area contributed by atoms with Crippen molar-refractivity contribution in [3.63, 3.8) is 0 Å². The van der Waals surface area contributed by atoms with Crippen LogP contribution in [0.25, 0.3) is 0 Å². The van der Waals surface area contributed by atoms with E-state index in [0.29, 0.717) is 18.4 Å². The molecule has 2 aliphatic heterocycles. The number of nitrogens with one attached hydrogen (secondary N) is 2. The highest BCUT2D eigenvalue weighted by atomic mass is 16.5. The molecule has 4 nitrogen and oxygen atoms in total. The molecule has 18 heavy (non-hydrogen) atoms. The molecule has 0 aromatic rings. The highest BCUT2D eigenvalue weighted by molar-refractivity contribution is 5.76. The first-order chi connectivity index (χ1) is 8.83. The molecule has 2 atom stereocenters. The molecule has 102 valence electrons. The molecule has 0 aromatic heterocycles. The van der Waals surface area contributed by atoms with Crippen molar-refractivity contribution in [2.75, 3.05) is 19.7 Å². The van der Waals surface area contributed by atoms with Gasteiger partial charge in [-0.1, -0.05) is 0 Å². The Hall–Kier alpha value is -0.610. The molecule has 3 fully saturated rings. The molecule has 0 radical (unpaired) electrons. The van der Waals surface area contributed by atoms with E-state index in [0.717, 1.165) is 44.9 Å². The van der Waals surface area contributed by atoms with Gasteiger partial charge in [-0.15, -0.1) is 0 Å². The first-order valence-electron chi connectivity index (χ1n) is 7.44. The van der Waals surface area contributed by atoms with E-state index in [1.807, 2.05) is 0 Å². The molecule has 2 unspecified atom stereocenters. The van der Waals surface area contributed by atoms with Crippen LogP contribution >= 0.6 is 0 Å². The molecule has 1 aliphatic carbocycles. The zero-order valence-electron chi connectivity index (χ0n) is 11.0. The van der Waals surface area contributed by atoms with Crippen molar-refractivity contribution in [3.05, 3.63) is 0 Å². The lowest BCUT2D eigenvalue weighted by Crippen LogP contribution is -2.42. The summed E-state index contributed by atoms with van der Waals surface area (Å²) < 4.78 is 5.76. The summed E-state index contributed by atoms with van der Waals surface area (Å²) in [6.45, 7) is 2.95. The molecule has 0 aromatic carbocycles. The summed E-state index contributed by atoms with van der Waals surface area (Å²) in [4.78, 5) is 12.1. The van der Waals surface area contributed by atoms with E-state index in [9.17, 15) is 4.79 Å². The van der Waals surface area contributed by atoms with E-state index in [4.69, 9.17) is 4.74 Å². The number of carbonyl (C=O) groups is 1. The minimum atomic E-state index is 0.239. The van der Waals surface area contributed by atoms with E-state index in [1.54, 1.807) is 0 Å². The van der Waals surface area contributed by atoms with Gasteiger partial charge in [-0.25, -0.2) is 0 Å². The second-order valence-corrected chi connectivity index (χ2v) is 6.03. The van der Waals surface area contributed by atoms with Crippen LogP contribution in [0.1, 0.15) is 38.5 Å². The molecule has 2 saturated heterocycles. The predicted octanol–water partition coefficient (Wildman–Crippen LogP) is 1.06. The molecule has 2 N–H and O–H groups in total. The number of hydrogen-bond acceptors (Lipinski definition) is 3. The zero-order chi connectivity index (χ0) is 12.4. The van der Waals surface area contributed by atoms with Crippen LogP contribution in [0.4, 0.5) is 0 Å². The van der Waals surface area contributed by atoms with Gasteiger partial charge in [0.05, 0.1) is 12.1 Å². The Morgan fingerprint density at radius 1 is 1.17 bits per heavy atom. The smallest absolute Gasteiger partial charge is 0.220 e. The van der Waals surface area contributed by atoms with Crippen LogP contribution in [-0.4, -0.2) is 37.7 Å². The van der Waals surface area contributed by atoms with Gasteiger partial charge in [0, 0.05) is 13.0 Å². The monoisotopic (exact) mass is 252 g/mol. The fourth-order valence-electron chi connectivity index (χ4n) is 3.27. The Balaban J connectivity index is 1.44. The van der Waals surface area contributed by atoms with Gasteiger partial charge in [-0.3, -0.25) is 4.79 Å². The molecular weight excluding hydrogens is 228 g/mol. The minimum absolute atomic E-state index is 0.239. The molecule has 2 heterocycles. The topological polar surface area (TPSA) is 50.4 Å². The first-order valence-corrected chi connectivity index (χ1v) is 7.44. The van der Waals surface area contributed by atoms with Crippen molar-refractivity contribution in [2.24, 2.45) is 11.8 Å². The van der Waals surface area contributed by atoms with Gasteiger partial charge in [-0.2, -0.15) is 0 Å².